The number of amides is 2. The molecule has 0 spiro atoms. The summed E-state index contributed by atoms with van der Waals surface area (Å²) in [4.78, 5) is 28.6. The SMILES string of the molecule is Cc1cccc(C2C(=O)NC(=O)CC2c2nc(C)cs2)c1. The second-order valence-corrected chi connectivity index (χ2v) is 6.33. The Labute approximate surface area is 127 Å². The van der Waals surface area contributed by atoms with Crippen LogP contribution in [0.2, 0.25) is 0 Å². The quantitative estimate of drug-likeness (QED) is 0.867. The first-order valence-corrected chi connectivity index (χ1v) is 7.75. The van der Waals surface area contributed by atoms with Gasteiger partial charge in [0.05, 0.1) is 10.9 Å². The number of carbonyl (C=O) groups excluding carboxylic acids is 2. The molecule has 0 aliphatic carbocycles. The van der Waals surface area contributed by atoms with Gasteiger partial charge in [-0.1, -0.05) is 29.8 Å². The molecule has 1 aromatic heterocycles. The molecular formula is C16H16N2O2S. The van der Waals surface area contributed by atoms with E-state index in [1.165, 1.54) is 11.3 Å². The van der Waals surface area contributed by atoms with Crippen molar-refractivity contribution < 1.29 is 9.59 Å². The molecule has 1 N–H and O–H groups in total. The molecule has 1 aliphatic heterocycles. The minimum Gasteiger partial charge on any atom is -0.296 e. The van der Waals surface area contributed by atoms with E-state index in [1.54, 1.807) is 0 Å². The van der Waals surface area contributed by atoms with Gasteiger partial charge in [-0.05, 0) is 19.4 Å². The normalized spacial score (nSPS) is 22.2. The van der Waals surface area contributed by atoms with Crippen molar-refractivity contribution in [1.82, 2.24) is 10.3 Å². The van der Waals surface area contributed by atoms with Gasteiger partial charge in [0.25, 0.3) is 0 Å². The third kappa shape index (κ3) is 2.74. The van der Waals surface area contributed by atoms with Gasteiger partial charge in [0, 0.05) is 23.4 Å². The van der Waals surface area contributed by atoms with Crippen LogP contribution in [0.15, 0.2) is 29.6 Å². The number of piperidine rings is 1. The second kappa shape index (κ2) is 5.41. The average molecular weight is 300 g/mol. The summed E-state index contributed by atoms with van der Waals surface area (Å²) < 4.78 is 0. The van der Waals surface area contributed by atoms with Crippen LogP contribution in [0.25, 0.3) is 0 Å². The Bertz CT molecular complexity index is 708. The monoisotopic (exact) mass is 300 g/mol. The van der Waals surface area contributed by atoms with Gasteiger partial charge in [-0.25, -0.2) is 4.98 Å². The minimum atomic E-state index is -0.354. The maximum Gasteiger partial charge on any atom is 0.234 e. The predicted octanol–water partition coefficient (Wildman–Crippen LogP) is 2.67. The van der Waals surface area contributed by atoms with Gasteiger partial charge in [0.1, 0.15) is 0 Å². The maximum absolute atomic E-state index is 12.4. The highest BCUT2D eigenvalue weighted by Crippen LogP contribution is 2.39. The number of nitrogens with one attached hydrogen (secondary N) is 1. The number of benzene rings is 1. The topological polar surface area (TPSA) is 59.1 Å². The van der Waals surface area contributed by atoms with E-state index in [4.69, 9.17) is 0 Å². The van der Waals surface area contributed by atoms with Crippen molar-refractivity contribution in [2.75, 3.05) is 0 Å². The largest absolute Gasteiger partial charge is 0.296 e. The highest BCUT2D eigenvalue weighted by atomic mass is 32.1. The fourth-order valence-electron chi connectivity index (χ4n) is 2.79. The molecule has 2 heterocycles. The number of carbonyl (C=O) groups is 2. The van der Waals surface area contributed by atoms with Crippen molar-refractivity contribution in [2.24, 2.45) is 0 Å². The van der Waals surface area contributed by atoms with E-state index in [9.17, 15) is 9.59 Å². The van der Waals surface area contributed by atoms with Crippen LogP contribution >= 0.6 is 11.3 Å². The van der Waals surface area contributed by atoms with Crippen molar-refractivity contribution in [1.29, 1.82) is 0 Å². The standard InChI is InChI=1S/C16H16N2O2S/c1-9-4-3-5-11(6-9)14-12(7-13(19)18-15(14)20)16-17-10(2)8-21-16/h3-6,8,12,14H,7H2,1-2H3,(H,18,19,20). The number of hydrogen-bond acceptors (Lipinski definition) is 4. The second-order valence-electron chi connectivity index (χ2n) is 5.44. The van der Waals surface area contributed by atoms with Crippen LogP contribution in [0.4, 0.5) is 0 Å². The lowest BCUT2D eigenvalue weighted by atomic mass is 9.80. The zero-order valence-electron chi connectivity index (χ0n) is 11.9. The Balaban J connectivity index is 2.04. The van der Waals surface area contributed by atoms with Gasteiger partial charge in [0.2, 0.25) is 11.8 Å². The molecule has 0 saturated carbocycles. The fraction of sp³-hybridized carbons (Fsp3) is 0.312. The summed E-state index contributed by atoms with van der Waals surface area (Å²) in [5, 5.41) is 5.27. The van der Waals surface area contributed by atoms with Crippen LogP contribution in [-0.2, 0) is 9.59 Å². The summed E-state index contributed by atoms with van der Waals surface area (Å²) in [5.74, 6) is -0.976. The molecule has 1 fully saturated rings. The van der Waals surface area contributed by atoms with E-state index < -0.39 is 0 Å². The van der Waals surface area contributed by atoms with E-state index in [0.29, 0.717) is 6.42 Å². The van der Waals surface area contributed by atoms with E-state index in [-0.39, 0.29) is 23.7 Å². The number of aryl methyl sites for hydroxylation is 2. The molecule has 108 valence electrons. The number of thiazole rings is 1. The molecule has 21 heavy (non-hydrogen) atoms. The first-order chi connectivity index (χ1) is 10.0. The average Bonchev–Trinajstić information content (AvgIpc) is 2.84. The summed E-state index contributed by atoms with van der Waals surface area (Å²) >= 11 is 1.52. The first kappa shape index (κ1) is 13.9. The molecule has 2 atom stereocenters. The van der Waals surface area contributed by atoms with Crippen LogP contribution in [-0.4, -0.2) is 16.8 Å². The molecule has 2 unspecified atom stereocenters. The molecule has 3 rings (SSSR count). The van der Waals surface area contributed by atoms with Crippen molar-refractivity contribution in [3.8, 4) is 0 Å². The third-order valence-corrected chi connectivity index (χ3v) is 4.80. The van der Waals surface area contributed by atoms with Crippen molar-refractivity contribution in [3.05, 3.63) is 51.5 Å². The summed E-state index contributed by atoms with van der Waals surface area (Å²) in [6.07, 6.45) is 0.303. The van der Waals surface area contributed by atoms with Crippen LogP contribution in [0.3, 0.4) is 0 Å². The number of imide groups is 1. The molecule has 4 nitrogen and oxygen atoms in total. The van der Waals surface area contributed by atoms with Crippen molar-refractivity contribution in [2.45, 2.75) is 32.1 Å². The lowest BCUT2D eigenvalue weighted by Crippen LogP contribution is -2.43. The minimum absolute atomic E-state index is 0.174. The van der Waals surface area contributed by atoms with E-state index >= 15 is 0 Å². The lowest BCUT2D eigenvalue weighted by Gasteiger charge is -2.29. The molecule has 0 radical (unpaired) electrons. The van der Waals surface area contributed by atoms with Gasteiger partial charge in [-0.3, -0.25) is 14.9 Å². The Morgan fingerprint density at radius 1 is 1.29 bits per heavy atom. The highest BCUT2D eigenvalue weighted by molar-refractivity contribution is 7.09. The molecule has 2 aromatic rings. The smallest absolute Gasteiger partial charge is 0.234 e. The van der Waals surface area contributed by atoms with Gasteiger partial charge in [0.15, 0.2) is 0 Å². The third-order valence-electron chi connectivity index (χ3n) is 3.71. The zero-order valence-corrected chi connectivity index (χ0v) is 12.7. The van der Waals surface area contributed by atoms with Gasteiger partial charge in [-0.2, -0.15) is 0 Å². The number of hydrogen-bond donors (Lipinski definition) is 1. The Hall–Kier alpha value is -2.01. The Morgan fingerprint density at radius 3 is 2.76 bits per heavy atom. The number of aromatic nitrogens is 1. The summed E-state index contributed by atoms with van der Waals surface area (Å²) in [6.45, 7) is 3.92. The van der Waals surface area contributed by atoms with Crippen molar-refractivity contribution >= 4 is 23.2 Å². The molecule has 5 heteroatoms. The summed E-state index contributed by atoms with van der Waals surface area (Å²) in [6, 6.07) is 7.89. The van der Waals surface area contributed by atoms with Gasteiger partial charge < -0.3 is 0 Å². The van der Waals surface area contributed by atoms with E-state index in [0.717, 1.165) is 21.8 Å². The van der Waals surface area contributed by atoms with Crippen LogP contribution in [0.1, 0.15) is 40.1 Å². The molecular weight excluding hydrogens is 284 g/mol. The highest BCUT2D eigenvalue weighted by Gasteiger charge is 2.39. The Kier molecular flexibility index (Phi) is 3.59. The van der Waals surface area contributed by atoms with Crippen LogP contribution in [0.5, 0.6) is 0 Å². The fourth-order valence-corrected chi connectivity index (χ4v) is 3.72. The molecule has 1 saturated heterocycles. The first-order valence-electron chi connectivity index (χ1n) is 6.87. The van der Waals surface area contributed by atoms with Crippen molar-refractivity contribution in [3.63, 3.8) is 0 Å². The molecule has 2 amide bonds. The van der Waals surface area contributed by atoms with E-state index in [2.05, 4.69) is 10.3 Å². The zero-order chi connectivity index (χ0) is 15.0. The van der Waals surface area contributed by atoms with Crippen LogP contribution in [0, 0.1) is 13.8 Å². The predicted molar refractivity (Wildman–Crippen MR) is 81.3 cm³/mol. The maximum atomic E-state index is 12.4. The van der Waals surface area contributed by atoms with E-state index in [1.807, 2.05) is 43.5 Å². The van der Waals surface area contributed by atoms with Crippen LogP contribution < -0.4 is 5.32 Å². The number of nitrogens with zero attached hydrogens (tertiary/aromatic N) is 1. The molecule has 0 bridgehead atoms. The molecule has 1 aliphatic rings. The Morgan fingerprint density at radius 2 is 2.10 bits per heavy atom. The van der Waals surface area contributed by atoms with Gasteiger partial charge >= 0.3 is 0 Å². The molecule has 1 aromatic carbocycles. The number of rotatable bonds is 2. The summed E-state index contributed by atoms with van der Waals surface area (Å²) in [5.41, 5.74) is 2.97. The summed E-state index contributed by atoms with van der Waals surface area (Å²) in [7, 11) is 0. The lowest BCUT2D eigenvalue weighted by molar-refractivity contribution is -0.135. The van der Waals surface area contributed by atoms with Gasteiger partial charge in [-0.15, -0.1) is 11.3 Å².